The van der Waals surface area contributed by atoms with Crippen LogP contribution in [0.25, 0.3) is 0 Å². The summed E-state index contributed by atoms with van der Waals surface area (Å²) >= 11 is 0. The van der Waals surface area contributed by atoms with Crippen molar-refractivity contribution in [2.75, 3.05) is 11.4 Å². The third-order valence-corrected chi connectivity index (χ3v) is 3.32. The summed E-state index contributed by atoms with van der Waals surface area (Å²) in [5.74, 6) is 0.359. The minimum absolute atomic E-state index is 0.0556. The van der Waals surface area contributed by atoms with Gasteiger partial charge in [-0.15, -0.1) is 0 Å². The van der Waals surface area contributed by atoms with Crippen molar-refractivity contribution in [3.05, 3.63) is 24.3 Å². The SMILES string of the molecule is C[C@@H]1Oc2ccccc2N(CC(=O)NC2CC2)C1=O. The second-order valence-corrected chi connectivity index (χ2v) is 4.99. The van der Waals surface area contributed by atoms with E-state index in [1.165, 1.54) is 4.90 Å². The summed E-state index contributed by atoms with van der Waals surface area (Å²) in [5, 5.41) is 2.89. The highest BCUT2D eigenvalue weighted by Gasteiger charge is 2.33. The van der Waals surface area contributed by atoms with Crippen molar-refractivity contribution < 1.29 is 14.3 Å². The lowest BCUT2D eigenvalue weighted by Crippen LogP contribution is -2.49. The number of carbonyl (C=O) groups excluding carboxylic acids is 2. The molecule has 2 aliphatic rings. The van der Waals surface area contributed by atoms with Gasteiger partial charge in [-0.25, -0.2) is 0 Å². The third kappa shape index (κ3) is 2.41. The highest BCUT2D eigenvalue weighted by Crippen LogP contribution is 2.33. The summed E-state index contributed by atoms with van der Waals surface area (Å²) in [4.78, 5) is 25.5. The molecule has 1 atom stereocenters. The molecule has 0 aromatic heterocycles. The minimum atomic E-state index is -0.552. The average molecular weight is 260 g/mol. The van der Waals surface area contributed by atoms with Gasteiger partial charge in [0, 0.05) is 6.04 Å². The predicted octanol–water partition coefficient (Wildman–Crippen LogP) is 1.08. The van der Waals surface area contributed by atoms with E-state index in [0.29, 0.717) is 17.5 Å². The highest BCUT2D eigenvalue weighted by molar-refractivity contribution is 6.03. The second kappa shape index (κ2) is 4.57. The molecule has 1 N–H and O–H groups in total. The fourth-order valence-corrected chi connectivity index (χ4v) is 2.17. The monoisotopic (exact) mass is 260 g/mol. The number of anilines is 1. The number of carbonyl (C=O) groups is 2. The predicted molar refractivity (Wildman–Crippen MR) is 70.0 cm³/mol. The molecule has 5 heteroatoms. The molecule has 2 amide bonds. The zero-order valence-electron chi connectivity index (χ0n) is 10.8. The summed E-state index contributed by atoms with van der Waals surface area (Å²) in [7, 11) is 0. The number of benzene rings is 1. The molecule has 19 heavy (non-hydrogen) atoms. The molecule has 1 aromatic carbocycles. The maximum Gasteiger partial charge on any atom is 0.268 e. The molecule has 1 heterocycles. The molecule has 5 nitrogen and oxygen atoms in total. The lowest BCUT2D eigenvalue weighted by molar-refractivity contribution is -0.128. The molecule has 100 valence electrons. The Balaban J connectivity index is 1.81. The first-order valence-electron chi connectivity index (χ1n) is 6.51. The number of rotatable bonds is 3. The molecule has 3 rings (SSSR count). The number of hydrogen-bond acceptors (Lipinski definition) is 3. The Morgan fingerprint density at radius 1 is 1.42 bits per heavy atom. The van der Waals surface area contributed by atoms with Crippen LogP contribution in [0, 0.1) is 0 Å². The van der Waals surface area contributed by atoms with Crippen LogP contribution in [0.1, 0.15) is 19.8 Å². The maximum atomic E-state index is 12.1. The van der Waals surface area contributed by atoms with Gasteiger partial charge >= 0.3 is 0 Å². The van der Waals surface area contributed by atoms with Crippen molar-refractivity contribution in [2.45, 2.75) is 31.9 Å². The van der Waals surface area contributed by atoms with E-state index in [-0.39, 0.29) is 18.4 Å². The Kier molecular flexibility index (Phi) is 2.89. The lowest BCUT2D eigenvalue weighted by Gasteiger charge is -2.32. The number of para-hydroxylation sites is 2. The van der Waals surface area contributed by atoms with Crippen molar-refractivity contribution in [3.8, 4) is 5.75 Å². The van der Waals surface area contributed by atoms with Crippen LogP contribution in [0.3, 0.4) is 0 Å². The van der Waals surface area contributed by atoms with Gasteiger partial charge in [-0.3, -0.25) is 14.5 Å². The quantitative estimate of drug-likeness (QED) is 0.884. The fourth-order valence-electron chi connectivity index (χ4n) is 2.17. The van der Waals surface area contributed by atoms with E-state index < -0.39 is 6.10 Å². The number of amides is 2. The molecule has 1 fully saturated rings. The van der Waals surface area contributed by atoms with Gasteiger partial charge in [0.2, 0.25) is 5.91 Å². The standard InChI is InChI=1S/C14H16N2O3/c1-9-14(18)16(8-13(17)15-10-6-7-10)11-4-2-3-5-12(11)19-9/h2-5,9-10H,6-8H2,1H3,(H,15,17)/t9-/m0/s1. The topological polar surface area (TPSA) is 58.6 Å². The Morgan fingerprint density at radius 2 is 2.16 bits per heavy atom. The Hall–Kier alpha value is -2.04. The average Bonchev–Trinajstić information content (AvgIpc) is 3.19. The molecule has 1 aliphatic carbocycles. The van der Waals surface area contributed by atoms with Gasteiger partial charge in [0.25, 0.3) is 5.91 Å². The van der Waals surface area contributed by atoms with Crippen LogP contribution in [0.15, 0.2) is 24.3 Å². The molecule has 1 aliphatic heterocycles. The van der Waals surface area contributed by atoms with E-state index >= 15 is 0 Å². The van der Waals surface area contributed by atoms with Crippen molar-refractivity contribution >= 4 is 17.5 Å². The van der Waals surface area contributed by atoms with Crippen molar-refractivity contribution in [1.29, 1.82) is 0 Å². The molecular formula is C14H16N2O3. The number of nitrogens with zero attached hydrogens (tertiary/aromatic N) is 1. The zero-order chi connectivity index (χ0) is 13.4. The van der Waals surface area contributed by atoms with Gasteiger partial charge in [0.15, 0.2) is 6.10 Å². The summed E-state index contributed by atoms with van der Waals surface area (Å²) in [6, 6.07) is 7.59. The molecule has 0 spiro atoms. The first kappa shape index (κ1) is 12.0. The fraction of sp³-hybridized carbons (Fsp3) is 0.429. The Labute approximate surface area is 111 Å². The molecule has 0 radical (unpaired) electrons. The van der Waals surface area contributed by atoms with Crippen LogP contribution in [0.2, 0.25) is 0 Å². The van der Waals surface area contributed by atoms with Gasteiger partial charge in [-0.1, -0.05) is 12.1 Å². The summed E-state index contributed by atoms with van der Waals surface area (Å²) in [5.41, 5.74) is 0.663. The number of nitrogens with one attached hydrogen (secondary N) is 1. The van der Waals surface area contributed by atoms with E-state index in [1.807, 2.05) is 18.2 Å². The van der Waals surface area contributed by atoms with Crippen molar-refractivity contribution in [2.24, 2.45) is 0 Å². The molecule has 1 saturated carbocycles. The van der Waals surface area contributed by atoms with E-state index in [9.17, 15) is 9.59 Å². The zero-order valence-corrected chi connectivity index (χ0v) is 10.8. The van der Waals surface area contributed by atoms with E-state index in [0.717, 1.165) is 12.8 Å². The first-order valence-corrected chi connectivity index (χ1v) is 6.51. The summed E-state index contributed by atoms with van der Waals surface area (Å²) < 4.78 is 5.53. The van der Waals surface area contributed by atoms with Crippen LogP contribution >= 0.6 is 0 Å². The third-order valence-electron chi connectivity index (χ3n) is 3.32. The van der Waals surface area contributed by atoms with Gasteiger partial charge in [0.05, 0.1) is 5.69 Å². The van der Waals surface area contributed by atoms with Gasteiger partial charge in [-0.2, -0.15) is 0 Å². The normalized spacial score (nSPS) is 21.6. The number of fused-ring (bicyclic) bond motifs is 1. The van der Waals surface area contributed by atoms with Crippen molar-refractivity contribution in [1.82, 2.24) is 5.32 Å². The lowest BCUT2D eigenvalue weighted by atomic mass is 10.2. The van der Waals surface area contributed by atoms with Crippen LogP contribution < -0.4 is 15.0 Å². The number of hydrogen-bond donors (Lipinski definition) is 1. The van der Waals surface area contributed by atoms with E-state index in [2.05, 4.69) is 5.32 Å². The molecule has 0 bridgehead atoms. The van der Waals surface area contributed by atoms with Crippen LogP contribution in [-0.2, 0) is 9.59 Å². The van der Waals surface area contributed by atoms with Crippen LogP contribution in [-0.4, -0.2) is 30.5 Å². The number of ether oxygens (including phenoxy) is 1. The minimum Gasteiger partial charge on any atom is -0.479 e. The largest absolute Gasteiger partial charge is 0.479 e. The van der Waals surface area contributed by atoms with E-state index in [1.54, 1.807) is 13.0 Å². The van der Waals surface area contributed by atoms with E-state index in [4.69, 9.17) is 4.74 Å². The van der Waals surface area contributed by atoms with Gasteiger partial charge < -0.3 is 10.1 Å². The molecular weight excluding hydrogens is 244 g/mol. The molecule has 0 saturated heterocycles. The Morgan fingerprint density at radius 3 is 2.89 bits per heavy atom. The second-order valence-electron chi connectivity index (χ2n) is 4.99. The first-order chi connectivity index (χ1) is 9.15. The van der Waals surface area contributed by atoms with Crippen LogP contribution in [0.5, 0.6) is 5.75 Å². The van der Waals surface area contributed by atoms with Gasteiger partial charge in [0.1, 0.15) is 12.3 Å². The van der Waals surface area contributed by atoms with Gasteiger partial charge in [-0.05, 0) is 31.9 Å². The summed E-state index contributed by atoms with van der Waals surface area (Å²) in [6.07, 6.45) is 1.52. The summed E-state index contributed by atoms with van der Waals surface area (Å²) in [6.45, 7) is 1.75. The molecule has 1 aromatic rings. The maximum absolute atomic E-state index is 12.1. The highest BCUT2D eigenvalue weighted by atomic mass is 16.5. The van der Waals surface area contributed by atoms with Crippen molar-refractivity contribution in [3.63, 3.8) is 0 Å². The molecule has 0 unspecified atom stereocenters. The van der Waals surface area contributed by atoms with Crippen LogP contribution in [0.4, 0.5) is 5.69 Å². The Bertz CT molecular complexity index is 525. The smallest absolute Gasteiger partial charge is 0.268 e.